The summed E-state index contributed by atoms with van der Waals surface area (Å²) in [4.78, 5) is 26.9. The van der Waals surface area contributed by atoms with Crippen molar-refractivity contribution in [1.29, 1.82) is 0 Å². The molecule has 3 aromatic rings. The van der Waals surface area contributed by atoms with Gasteiger partial charge in [0.2, 0.25) is 5.91 Å². The molecule has 1 N–H and O–H groups in total. The van der Waals surface area contributed by atoms with Gasteiger partial charge in [-0.05, 0) is 30.7 Å². The quantitative estimate of drug-likeness (QED) is 0.353. The van der Waals surface area contributed by atoms with Gasteiger partial charge in [-0.3, -0.25) is 20.2 Å². The molecule has 1 amide bonds. The number of ether oxygens (including phenoxy) is 1. The van der Waals surface area contributed by atoms with Crippen LogP contribution in [0.2, 0.25) is 0 Å². The fourth-order valence-corrected chi connectivity index (χ4v) is 3.19. The van der Waals surface area contributed by atoms with Crippen LogP contribution in [0.4, 0.5) is 10.8 Å². The summed E-state index contributed by atoms with van der Waals surface area (Å²) in [5.41, 5.74) is 2.11. The molecule has 0 atom stereocenters. The summed E-state index contributed by atoms with van der Waals surface area (Å²) in [6, 6.07) is 13.6. The summed E-state index contributed by atoms with van der Waals surface area (Å²) >= 11 is 1.31. The van der Waals surface area contributed by atoms with Crippen molar-refractivity contribution in [3.05, 3.63) is 75.7 Å². The van der Waals surface area contributed by atoms with E-state index in [9.17, 15) is 14.9 Å². The van der Waals surface area contributed by atoms with Crippen molar-refractivity contribution in [2.75, 3.05) is 11.9 Å². The molecule has 3 rings (SSSR count). The maximum Gasteiger partial charge on any atom is 0.270 e. The number of non-ortho nitro benzene ring substituents is 1. The number of thiazole rings is 1. The normalized spacial score (nSPS) is 10.8. The second-order valence-corrected chi connectivity index (χ2v) is 6.50. The Morgan fingerprint density at radius 2 is 2.11 bits per heavy atom. The SMILES string of the molecule is CCOc1ccccc1-c1csc(NC(=O)/C=C/c2cccc([N+](=O)[O-])c2)n1. The highest BCUT2D eigenvalue weighted by Gasteiger charge is 2.11. The molecule has 0 fully saturated rings. The molecular formula is C20H17N3O4S. The van der Waals surface area contributed by atoms with Gasteiger partial charge in [-0.1, -0.05) is 24.3 Å². The first-order valence-electron chi connectivity index (χ1n) is 8.48. The number of para-hydroxylation sites is 1. The van der Waals surface area contributed by atoms with E-state index in [-0.39, 0.29) is 11.6 Å². The Bertz CT molecular complexity index is 1030. The molecule has 0 aliphatic carbocycles. The number of nitrogens with zero attached hydrogens (tertiary/aromatic N) is 2. The molecule has 2 aromatic carbocycles. The van der Waals surface area contributed by atoms with Crippen molar-refractivity contribution in [2.24, 2.45) is 0 Å². The first-order chi connectivity index (χ1) is 13.6. The lowest BCUT2D eigenvalue weighted by Gasteiger charge is -2.07. The molecule has 142 valence electrons. The van der Waals surface area contributed by atoms with Crippen LogP contribution in [0.5, 0.6) is 5.75 Å². The van der Waals surface area contributed by atoms with Crippen LogP contribution >= 0.6 is 11.3 Å². The summed E-state index contributed by atoms with van der Waals surface area (Å²) in [7, 11) is 0. The number of nitrogens with one attached hydrogen (secondary N) is 1. The maximum atomic E-state index is 12.1. The predicted molar refractivity (Wildman–Crippen MR) is 109 cm³/mol. The van der Waals surface area contributed by atoms with Crippen molar-refractivity contribution in [2.45, 2.75) is 6.92 Å². The molecule has 1 aromatic heterocycles. The number of amides is 1. The van der Waals surface area contributed by atoms with Crippen LogP contribution in [0, 0.1) is 10.1 Å². The second kappa shape index (κ2) is 8.92. The van der Waals surface area contributed by atoms with E-state index in [4.69, 9.17) is 4.74 Å². The number of nitro groups is 1. The number of hydrogen-bond acceptors (Lipinski definition) is 6. The molecule has 8 heteroatoms. The number of anilines is 1. The smallest absolute Gasteiger partial charge is 0.270 e. The molecule has 0 radical (unpaired) electrons. The third-order valence-corrected chi connectivity index (χ3v) is 4.46. The second-order valence-electron chi connectivity index (χ2n) is 5.64. The Balaban J connectivity index is 1.69. The zero-order valence-electron chi connectivity index (χ0n) is 15.0. The van der Waals surface area contributed by atoms with Crippen molar-refractivity contribution in [3.63, 3.8) is 0 Å². The minimum absolute atomic E-state index is 0.0277. The Morgan fingerprint density at radius 3 is 2.89 bits per heavy atom. The van der Waals surface area contributed by atoms with Crippen molar-refractivity contribution in [1.82, 2.24) is 4.98 Å². The fourth-order valence-electron chi connectivity index (χ4n) is 2.48. The van der Waals surface area contributed by atoms with Crippen LogP contribution in [-0.4, -0.2) is 22.4 Å². The van der Waals surface area contributed by atoms with E-state index in [1.54, 1.807) is 12.1 Å². The highest BCUT2D eigenvalue weighted by molar-refractivity contribution is 7.14. The monoisotopic (exact) mass is 395 g/mol. The topological polar surface area (TPSA) is 94.4 Å². The molecule has 7 nitrogen and oxygen atoms in total. The highest BCUT2D eigenvalue weighted by atomic mass is 32.1. The standard InChI is InChI=1S/C20H17N3O4S/c1-2-27-18-9-4-3-8-16(18)17-13-28-20(21-17)22-19(24)11-10-14-6-5-7-15(12-14)23(25)26/h3-13H,2H2,1H3,(H,21,22,24)/b11-10+. The third-order valence-electron chi connectivity index (χ3n) is 3.71. The summed E-state index contributed by atoms with van der Waals surface area (Å²) in [6.07, 6.45) is 2.83. The van der Waals surface area contributed by atoms with E-state index in [1.807, 2.05) is 36.6 Å². The molecule has 28 heavy (non-hydrogen) atoms. The molecule has 0 saturated heterocycles. The molecular weight excluding hydrogens is 378 g/mol. The van der Waals surface area contributed by atoms with Crippen LogP contribution in [0.25, 0.3) is 17.3 Å². The number of benzene rings is 2. The minimum atomic E-state index is -0.478. The number of rotatable bonds is 7. The number of carbonyl (C=O) groups excluding carboxylic acids is 1. The van der Waals surface area contributed by atoms with Crippen LogP contribution < -0.4 is 10.1 Å². The lowest BCUT2D eigenvalue weighted by Crippen LogP contribution is -2.07. The van der Waals surface area contributed by atoms with Gasteiger partial charge >= 0.3 is 0 Å². The van der Waals surface area contributed by atoms with Crippen LogP contribution in [0.1, 0.15) is 12.5 Å². The van der Waals surface area contributed by atoms with Gasteiger partial charge in [0.05, 0.1) is 17.2 Å². The lowest BCUT2D eigenvalue weighted by molar-refractivity contribution is -0.384. The van der Waals surface area contributed by atoms with Crippen LogP contribution in [0.3, 0.4) is 0 Å². The number of aromatic nitrogens is 1. The van der Waals surface area contributed by atoms with Gasteiger partial charge in [0.25, 0.3) is 5.69 Å². The summed E-state index contributed by atoms with van der Waals surface area (Å²) in [5, 5.41) is 15.8. The van der Waals surface area contributed by atoms with Gasteiger partial charge in [-0.2, -0.15) is 0 Å². The van der Waals surface area contributed by atoms with Gasteiger partial charge in [-0.25, -0.2) is 4.98 Å². The average molecular weight is 395 g/mol. The van der Waals surface area contributed by atoms with E-state index in [1.165, 1.54) is 35.6 Å². The third kappa shape index (κ3) is 4.80. The Kier molecular flexibility index (Phi) is 6.13. The molecule has 0 bridgehead atoms. The van der Waals surface area contributed by atoms with Crippen molar-refractivity contribution >= 4 is 34.1 Å². The predicted octanol–water partition coefficient (Wildman–Crippen LogP) is 4.77. The van der Waals surface area contributed by atoms with Gasteiger partial charge in [-0.15, -0.1) is 11.3 Å². The summed E-state index contributed by atoms with van der Waals surface area (Å²) in [5.74, 6) is 0.365. The molecule has 1 heterocycles. The molecule has 0 aliphatic heterocycles. The number of carbonyl (C=O) groups is 1. The lowest BCUT2D eigenvalue weighted by atomic mass is 10.1. The van der Waals surface area contributed by atoms with E-state index >= 15 is 0 Å². The van der Waals surface area contributed by atoms with E-state index in [0.29, 0.717) is 23.0 Å². The minimum Gasteiger partial charge on any atom is -0.493 e. The van der Waals surface area contributed by atoms with E-state index < -0.39 is 4.92 Å². The molecule has 0 unspecified atom stereocenters. The van der Waals surface area contributed by atoms with Crippen LogP contribution in [-0.2, 0) is 4.79 Å². The van der Waals surface area contributed by atoms with Gasteiger partial charge in [0, 0.05) is 29.2 Å². The van der Waals surface area contributed by atoms with Gasteiger partial charge in [0.15, 0.2) is 5.13 Å². The maximum absolute atomic E-state index is 12.1. The zero-order chi connectivity index (χ0) is 19.9. The summed E-state index contributed by atoms with van der Waals surface area (Å²) < 4.78 is 5.61. The number of hydrogen-bond donors (Lipinski definition) is 1. The Labute approximate surface area is 165 Å². The fraction of sp³-hybridized carbons (Fsp3) is 0.100. The van der Waals surface area contributed by atoms with Gasteiger partial charge < -0.3 is 4.74 Å². The molecule has 0 saturated carbocycles. The molecule has 0 aliphatic rings. The first kappa shape index (κ1) is 19.2. The zero-order valence-corrected chi connectivity index (χ0v) is 15.8. The van der Waals surface area contributed by atoms with Crippen LogP contribution in [0.15, 0.2) is 60.0 Å². The van der Waals surface area contributed by atoms with Gasteiger partial charge in [0.1, 0.15) is 5.75 Å². The summed E-state index contributed by atoms with van der Waals surface area (Å²) in [6.45, 7) is 2.46. The molecule has 0 spiro atoms. The van der Waals surface area contributed by atoms with E-state index in [2.05, 4.69) is 10.3 Å². The Morgan fingerprint density at radius 1 is 1.29 bits per heavy atom. The van der Waals surface area contributed by atoms with Crippen molar-refractivity contribution < 1.29 is 14.5 Å². The Hall–Kier alpha value is -3.52. The average Bonchev–Trinajstić information content (AvgIpc) is 3.15. The largest absolute Gasteiger partial charge is 0.493 e. The highest BCUT2D eigenvalue weighted by Crippen LogP contribution is 2.32. The van der Waals surface area contributed by atoms with Crippen molar-refractivity contribution in [3.8, 4) is 17.0 Å². The van der Waals surface area contributed by atoms with E-state index in [0.717, 1.165) is 11.3 Å². The first-order valence-corrected chi connectivity index (χ1v) is 9.36. The number of nitro benzene ring substituents is 1.